The Balaban J connectivity index is 2.11. The lowest BCUT2D eigenvalue weighted by atomic mass is 10.1. The number of nitrogen functional groups attached to an aromatic ring is 1. The highest BCUT2D eigenvalue weighted by Crippen LogP contribution is 2.15. The highest BCUT2D eigenvalue weighted by Gasteiger charge is 2.02. The van der Waals surface area contributed by atoms with Crippen molar-refractivity contribution in [2.24, 2.45) is 0 Å². The van der Waals surface area contributed by atoms with Crippen LogP contribution in [-0.4, -0.2) is 12.3 Å². The summed E-state index contributed by atoms with van der Waals surface area (Å²) in [5.74, 6) is 2.02. The van der Waals surface area contributed by atoms with E-state index in [1.165, 1.54) is 0 Å². The van der Waals surface area contributed by atoms with Crippen LogP contribution in [0.15, 0.2) is 34.9 Å². The molecule has 0 aliphatic rings. The zero-order valence-electron chi connectivity index (χ0n) is 8.43. The Bertz CT molecular complexity index is 434. The van der Waals surface area contributed by atoms with Crippen LogP contribution in [0.2, 0.25) is 0 Å². The molecule has 0 unspecified atom stereocenters. The first-order valence-electron chi connectivity index (χ1n) is 4.62. The van der Waals surface area contributed by atoms with E-state index >= 15 is 0 Å². The normalized spacial score (nSPS) is 10.2. The summed E-state index contributed by atoms with van der Waals surface area (Å²) in [7, 11) is 1.64. The number of nitrogens with two attached hydrogens (primary N) is 1. The Labute approximate surface area is 87.6 Å². The van der Waals surface area contributed by atoms with E-state index in [4.69, 9.17) is 15.0 Å². The van der Waals surface area contributed by atoms with Gasteiger partial charge in [0, 0.05) is 12.5 Å². The van der Waals surface area contributed by atoms with Crippen molar-refractivity contribution in [3.05, 3.63) is 41.7 Å². The summed E-state index contributed by atoms with van der Waals surface area (Å²) in [5.41, 5.74) is 6.58. The molecule has 1 heterocycles. The summed E-state index contributed by atoms with van der Waals surface area (Å²) < 4.78 is 10.1. The van der Waals surface area contributed by atoms with Crippen LogP contribution in [0.25, 0.3) is 0 Å². The monoisotopic (exact) mass is 204 g/mol. The molecule has 0 saturated carbocycles. The fourth-order valence-electron chi connectivity index (χ4n) is 1.36. The van der Waals surface area contributed by atoms with Crippen LogP contribution < -0.4 is 10.5 Å². The maximum atomic E-state index is 5.45. The summed E-state index contributed by atoms with van der Waals surface area (Å²) in [6.45, 7) is 0. The van der Waals surface area contributed by atoms with E-state index in [1.807, 2.05) is 24.3 Å². The van der Waals surface area contributed by atoms with Crippen LogP contribution in [-0.2, 0) is 6.42 Å². The van der Waals surface area contributed by atoms with Gasteiger partial charge in [-0.3, -0.25) is 0 Å². The van der Waals surface area contributed by atoms with Gasteiger partial charge in [-0.15, -0.1) is 0 Å². The predicted octanol–water partition coefficient (Wildman–Crippen LogP) is 1.86. The maximum absolute atomic E-state index is 5.45. The third-order valence-corrected chi connectivity index (χ3v) is 2.11. The van der Waals surface area contributed by atoms with Gasteiger partial charge in [0.2, 0.25) is 0 Å². The largest absolute Gasteiger partial charge is 0.497 e. The molecule has 0 radical (unpaired) electrons. The van der Waals surface area contributed by atoms with Gasteiger partial charge in [-0.1, -0.05) is 17.3 Å². The van der Waals surface area contributed by atoms with E-state index in [0.29, 0.717) is 12.2 Å². The Morgan fingerprint density at radius 2 is 2.07 bits per heavy atom. The molecule has 1 aromatic carbocycles. The van der Waals surface area contributed by atoms with Gasteiger partial charge in [0.25, 0.3) is 0 Å². The second-order valence-corrected chi connectivity index (χ2v) is 3.24. The SMILES string of the molecule is COc1ccc(Cc2cc(N)no2)cc1. The van der Waals surface area contributed by atoms with E-state index in [1.54, 1.807) is 13.2 Å². The molecule has 0 amide bonds. The van der Waals surface area contributed by atoms with Crippen molar-refractivity contribution in [1.29, 1.82) is 0 Å². The van der Waals surface area contributed by atoms with E-state index in [9.17, 15) is 0 Å². The van der Waals surface area contributed by atoms with Crippen LogP contribution >= 0.6 is 0 Å². The first-order valence-corrected chi connectivity index (χ1v) is 4.62. The minimum atomic E-state index is 0.415. The summed E-state index contributed by atoms with van der Waals surface area (Å²) in [6.07, 6.45) is 0.689. The van der Waals surface area contributed by atoms with Crippen molar-refractivity contribution in [2.45, 2.75) is 6.42 Å². The molecule has 78 valence electrons. The summed E-state index contributed by atoms with van der Waals surface area (Å²) in [4.78, 5) is 0. The number of anilines is 1. The second-order valence-electron chi connectivity index (χ2n) is 3.24. The number of aromatic nitrogens is 1. The van der Waals surface area contributed by atoms with Gasteiger partial charge >= 0.3 is 0 Å². The molecule has 2 aromatic rings. The Morgan fingerprint density at radius 1 is 1.33 bits per heavy atom. The molecule has 4 heteroatoms. The highest BCUT2D eigenvalue weighted by molar-refractivity contribution is 5.32. The minimum Gasteiger partial charge on any atom is -0.497 e. The van der Waals surface area contributed by atoms with Gasteiger partial charge in [0.1, 0.15) is 11.5 Å². The van der Waals surface area contributed by atoms with Crippen molar-refractivity contribution in [3.8, 4) is 5.75 Å². The van der Waals surface area contributed by atoms with Crippen molar-refractivity contribution in [1.82, 2.24) is 5.16 Å². The molecule has 0 fully saturated rings. The molecule has 4 nitrogen and oxygen atoms in total. The standard InChI is InChI=1S/C11H12N2O2/c1-14-9-4-2-8(3-5-9)6-10-7-11(12)13-15-10/h2-5,7H,6H2,1H3,(H2,12,13). The van der Waals surface area contributed by atoms with Gasteiger partial charge in [0.15, 0.2) is 5.82 Å². The number of benzene rings is 1. The van der Waals surface area contributed by atoms with Crippen molar-refractivity contribution >= 4 is 5.82 Å². The molecule has 0 spiro atoms. The van der Waals surface area contributed by atoms with Crippen LogP contribution in [0.5, 0.6) is 5.75 Å². The number of ether oxygens (including phenoxy) is 1. The lowest BCUT2D eigenvalue weighted by molar-refractivity contribution is 0.392. The molecule has 2 rings (SSSR count). The zero-order valence-corrected chi connectivity index (χ0v) is 8.43. The molecule has 0 aliphatic heterocycles. The molecule has 0 saturated heterocycles. The van der Waals surface area contributed by atoms with E-state index in [0.717, 1.165) is 17.1 Å². The van der Waals surface area contributed by atoms with Crippen LogP contribution in [0, 0.1) is 0 Å². The van der Waals surface area contributed by atoms with Crippen molar-refractivity contribution < 1.29 is 9.26 Å². The third kappa shape index (κ3) is 2.28. The first kappa shape index (κ1) is 9.58. The summed E-state index contributed by atoms with van der Waals surface area (Å²) >= 11 is 0. The highest BCUT2D eigenvalue weighted by atomic mass is 16.5. The van der Waals surface area contributed by atoms with Crippen LogP contribution in [0.1, 0.15) is 11.3 Å². The molecule has 2 N–H and O–H groups in total. The van der Waals surface area contributed by atoms with Crippen molar-refractivity contribution in [2.75, 3.05) is 12.8 Å². The molecular weight excluding hydrogens is 192 g/mol. The molecule has 15 heavy (non-hydrogen) atoms. The number of rotatable bonds is 3. The maximum Gasteiger partial charge on any atom is 0.167 e. The van der Waals surface area contributed by atoms with Gasteiger partial charge < -0.3 is 15.0 Å². The number of hydrogen-bond donors (Lipinski definition) is 1. The molecule has 0 atom stereocenters. The van der Waals surface area contributed by atoms with E-state index in [2.05, 4.69) is 5.16 Å². The Kier molecular flexibility index (Phi) is 2.58. The smallest absolute Gasteiger partial charge is 0.167 e. The molecule has 0 bridgehead atoms. The minimum absolute atomic E-state index is 0.415. The van der Waals surface area contributed by atoms with Gasteiger partial charge in [-0.05, 0) is 17.7 Å². The van der Waals surface area contributed by atoms with E-state index < -0.39 is 0 Å². The second kappa shape index (κ2) is 4.04. The average molecular weight is 204 g/mol. The zero-order chi connectivity index (χ0) is 10.7. The molecule has 1 aromatic heterocycles. The summed E-state index contributed by atoms with van der Waals surface area (Å²) in [5, 5.41) is 3.62. The fourth-order valence-corrected chi connectivity index (χ4v) is 1.36. The lowest BCUT2D eigenvalue weighted by Crippen LogP contribution is -1.87. The van der Waals surface area contributed by atoms with Crippen molar-refractivity contribution in [3.63, 3.8) is 0 Å². The number of nitrogens with zero attached hydrogens (tertiary/aromatic N) is 1. The van der Waals surface area contributed by atoms with Crippen LogP contribution in [0.3, 0.4) is 0 Å². The van der Waals surface area contributed by atoms with Gasteiger partial charge in [-0.25, -0.2) is 0 Å². The topological polar surface area (TPSA) is 61.3 Å². The lowest BCUT2D eigenvalue weighted by Gasteiger charge is -2.00. The average Bonchev–Trinajstić information content (AvgIpc) is 2.65. The Morgan fingerprint density at radius 3 is 2.60 bits per heavy atom. The Hall–Kier alpha value is -1.97. The van der Waals surface area contributed by atoms with Crippen LogP contribution in [0.4, 0.5) is 5.82 Å². The van der Waals surface area contributed by atoms with Gasteiger partial charge in [-0.2, -0.15) is 0 Å². The van der Waals surface area contributed by atoms with E-state index in [-0.39, 0.29) is 0 Å². The number of hydrogen-bond acceptors (Lipinski definition) is 4. The van der Waals surface area contributed by atoms with Gasteiger partial charge in [0.05, 0.1) is 7.11 Å². The first-order chi connectivity index (χ1) is 7.28. The summed E-state index contributed by atoms with van der Waals surface area (Å²) in [6, 6.07) is 9.52. The number of methoxy groups -OCH3 is 1. The molecular formula is C11H12N2O2. The fraction of sp³-hybridized carbons (Fsp3) is 0.182. The predicted molar refractivity (Wildman–Crippen MR) is 56.7 cm³/mol. The quantitative estimate of drug-likeness (QED) is 0.828. The molecule has 0 aliphatic carbocycles. The third-order valence-electron chi connectivity index (χ3n) is 2.11.